The Morgan fingerprint density at radius 3 is 3.19 bits per heavy atom. The van der Waals surface area contributed by atoms with E-state index in [4.69, 9.17) is 4.74 Å². The lowest BCUT2D eigenvalue weighted by atomic mass is 10.2. The minimum Gasteiger partial charge on any atom is -0.371 e. The van der Waals surface area contributed by atoms with Gasteiger partial charge in [0.15, 0.2) is 0 Å². The summed E-state index contributed by atoms with van der Waals surface area (Å²) in [7, 11) is 0. The van der Waals surface area contributed by atoms with E-state index in [-0.39, 0.29) is 6.10 Å². The molecule has 1 saturated heterocycles. The van der Waals surface area contributed by atoms with Crippen LogP contribution in [0, 0.1) is 0 Å². The first-order valence-electron chi connectivity index (χ1n) is 6.04. The molecular weight excluding hydrogens is 222 g/mol. The minimum absolute atomic E-state index is 0.222. The summed E-state index contributed by atoms with van der Waals surface area (Å²) >= 11 is 1.71. The fourth-order valence-electron chi connectivity index (χ4n) is 1.81. The molecule has 2 rings (SSSR count). The molecule has 5 heteroatoms. The standard InChI is InChI=1S/C11H19N3OS/c1-2-12-7-3-6-10-13-14-11(16-10)9-5-4-8-15-9/h9,12H,2-8H2,1H3. The van der Waals surface area contributed by atoms with Crippen LogP contribution >= 0.6 is 11.3 Å². The lowest BCUT2D eigenvalue weighted by molar-refractivity contribution is 0.111. The van der Waals surface area contributed by atoms with Gasteiger partial charge in [0.25, 0.3) is 0 Å². The first-order valence-corrected chi connectivity index (χ1v) is 6.86. The van der Waals surface area contributed by atoms with Crippen LogP contribution in [0.3, 0.4) is 0 Å². The van der Waals surface area contributed by atoms with Crippen LogP contribution < -0.4 is 5.32 Å². The van der Waals surface area contributed by atoms with Crippen molar-refractivity contribution in [3.05, 3.63) is 10.0 Å². The molecule has 1 aliphatic heterocycles. The molecule has 0 saturated carbocycles. The Kier molecular flexibility index (Phi) is 4.69. The maximum atomic E-state index is 5.59. The maximum Gasteiger partial charge on any atom is 0.146 e. The van der Waals surface area contributed by atoms with E-state index in [1.54, 1.807) is 11.3 Å². The number of nitrogens with zero attached hydrogens (tertiary/aromatic N) is 2. The highest BCUT2D eigenvalue weighted by Crippen LogP contribution is 2.30. The Hall–Kier alpha value is -0.520. The summed E-state index contributed by atoms with van der Waals surface area (Å²) in [5.74, 6) is 0. The smallest absolute Gasteiger partial charge is 0.146 e. The first kappa shape index (κ1) is 12.0. The van der Waals surface area contributed by atoms with Crippen molar-refractivity contribution in [2.75, 3.05) is 19.7 Å². The van der Waals surface area contributed by atoms with Gasteiger partial charge in [-0.25, -0.2) is 0 Å². The lowest BCUT2D eigenvalue weighted by Gasteiger charge is -2.02. The molecule has 1 aliphatic rings. The van der Waals surface area contributed by atoms with Crippen molar-refractivity contribution in [1.82, 2.24) is 15.5 Å². The number of nitrogens with one attached hydrogen (secondary N) is 1. The Bertz CT molecular complexity index is 310. The summed E-state index contributed by atoms with van der Waals surface area (Å²) in [5.41, 5.74) is 0. The average Bonchev–Trinajstić information content (AvgIpc) is 2.94. The predicted octanol–water partition coefficient (Wildman–Crippen LogP) is 1.93. The molecule has 0 amide bonds. The van der Waals surface area contributed by atoms with Gasteiger partial charge in [-0.3, -0.25) is 0 Å². The zero-order valence-corrected chi connectivity index (χ0v) is 10.6. The Labute approximate surface area is 100 Å². The Morgan fingerprint density at radius 2 is 2.44 bits per heavy atom. The number of hydrogen-bond acceptors (Lipinski definition) is 5. The van der Waals surface area contributed by atoms with E-state index in [0.29, 0.717) is 0 Å². The van der Waals surface area contributed by atoms with Gasteiger partial charge < -0.3 is 10.1 Å². The van der Waals surface area contributed by atoms with Crippen LogP contribution in [-0.4, -0.2) is 29.9 Å². The second-order valence-electron chi connectivity index (χ2n) is 3.99. The maximum absolute atomic E-state index is 5.59. The first-order chi connectivity index (χ1) is 7.90. The number of rotatable bonds is 6. The van der Waals surface area contributed by atoms with Crippen molar-refractivity contribution in [3.8, 4) is 0 Å². The van der Waals surface area contributed by atoms with Gasteiger partial charge in [0.2, 0.25) is 0 Å². The van der Waals surface area contributed by atoms with Gasteiger partial charge in [0.1, 0.15) is 16.1 Å². The van der Waals surface area contributed by atoms with E-state index in [0.717, 1.165) is 55.4 Å². The molecule has 0 spiro atoms. The highest BCUT2D eigenvalue weighted by atomic mass is 32.1. The monoisotopic (exact) mass is 241 g/mol. The second-order valence-corrected chi connectivity index (χ2v) is 5.09. The van der Waals surface area contributed by atoms with Gasteiger partial charge in [0.05, 0.1) is 0 Å². The number of aromatic nitrogens is 2. The topological polar surface area (TPSA) is 47.0 Å². The van der Waals surface area contributed by atoms with Gasteiger partial charge in [0, 0.05) is 13.0 Å². The van der Waals surface area contributed by atoms with E-state index < -0.39 is 0 Å². The van der Waals surface area contributed by atoms with Crippen molar-refractivity contribution < 1.29 is 4.74 Å². The molecule has 1 unspecified atom stereocenters. The predicted molar refractivity (Wildman–Crippen MR) is 64.7 cm³/mol. The molecule has 90 valence electrons. The molecule has 0 aromatic carbocycles. The second kappa shape index (κ2) is 6.27. The third kappa shape index (κ3) is 3.23. The van der Waals surface area contributed by atoms with Crippen LogP contribution in [-0.2, 0) is 11.2 Å². The Balaban J connectivity index is 1.77. The quantitative estimate of drug-likeness (QED) is 0.773. The summed E-state index contributed by atoms with van der Waals surface area (Å²) in [6, 6.07) is 0. The fourth-order valence-corrected chi connectivity index (χ4v) is 2.78. The highest BCUT2D eigenvalue weighted by Gasteiger charge is 2.21. The van der Waals surface area contributed by atoms with Gasteiger partial charge in [-0.05, 0) is 32.4 Å². The average molecular weight is 241 g/mol. The fraction of sp³-hybridized carbons (Fsp3) is 0.818. The minimum atomic E-state index is 0.222. The number of hydrogen-bond donors (Lipinski definition) is 1. The van der Waals surface area contributed by atoms with E-state index >= 15 is 0 Å². The summed E-state index contributed by atoms with van der Waals surface area (Å²) < 4.78 is 5.59. The van der Waals surface area contributed by atoms with E-state index in [2.05, 4.69) is 22.4 Å². The highest BCUT2D eigenvalue weighted by molar-refractivity contribution is 7.11. The van der Waals surface area contributed by atoms with Crippen molar-refractivity contribution in [3.63, 3.8) is 0 Å². The molecule has 16 heavy (non-hydrogen) atoms. The van der Waals surface area contributed by atoms with Gasteiger partial charge in [-0.1, -0.05) is 18.3 Å². The van der Waals surface area contributed by atoms with Gasteiger partial charge >= 0.3 is 0 Å². The third-order valence-corrected chi connectivity index (χ3v) is 3.76. The van der Waals surface area contributed by atoms with Crippen molar-refractivity contribution >= 4 is 11.3 Å². The van der Waals surface area contributed by atoms with Crippen molar-refractivity contribution in [2.45, 2.75) is 38.7 Å². The summed E-state index contributed by atoms with van der Waals surface area (Å²) in [6.07, 6.45) is 4.64. The largest absolute Gasteiger partial charge is 0.371 e. The zero-order valence-electron chi connectivity index (χ0n) is 9.74. The van der Waals surface area contributed by atoms with Crippen LogP contribution in [0.4, 0.5) is 0 Å². The summed E-state index contributed by atoms with van der Waals surface area (Å²) in [5, 5.41) is 14.0. The molecule has 1 aromatic heterocycles. The SMILES string of the molecule is CCNCCCc1nnc(C2CCCO2)s1. The number of ether oxygens (including phenoxy) is 1. The van der Waals surface area contributed by atoms with Crippen LogP contribution in [0.25, 0.3) is 0 Å². The molecule has 1 fully saturated rings. The van der Waals surface area contributed by atoms with Crippen molar-refractivity contribution in [1.29, 1.82) is 0 Å². The van der Waals surface area contributed by atoms with E-state index in [9.17, 15) is 0 Å². The molecule has 0 bridgehead atoms. The molecular formula is C11H19N3OS. The van der Waals surface area contributed by atoms with Crippen LogP contribution in [0.5, 0.6) is 0 Å². The molecule has 4 nitrogen and oxygen atoms in total. The zero-order chi connectivity index (χ0) is 11.2. The summed E-state index contributed by atoms with van der Waals surface area (Å²) in [4.78, 5) is 0. The van der Waals surface area contributed by atoms with Gasteiger partial charge in [-0.15, -0.1) is 10.2 Å². The molecule has 0 radical (unpaired) electrons. The molecule has 1 N–H and O–H groups in total. The van der Waals surface area contributed by atoms with Crippen LogP contribution in [0.2, 0.25) is 0 Å². The van der Waals surface area contributed by atoms with E-state index in [1.807, 2.05) is 0 Å². The third-order valence-electron chi connectivity index (χ3n) is 2.68. The molecule has 1 aromatic rings. The molecule has 0 aliphatic carbocycles. The number of aryl methyl sites for hydroxylation is 1. The van der Waals surface area contributed by atoms with Crippen molar-refractivity contribution in [2.24, 2.45) is 0 Å². The Morgan fingerprint density at radius 1 is 1.50 bits per heavy atom. The van der Waals surface area contributed by atoms with Crippen LogP contribution in [0.15, 0.2) is 0 Å². The van der Waals surface area contributed by atoms with Gasteiger partial charge in [-0.2, -0.15) is 0 Å². The molecule has 2 heterocycles. The molecule has 1 atom stereocenters. The van der Waals surface area contributed by atoms with E-state index in [1.165, 1.54) is 0 Å². The normalized spacial score (nSPS) is 20.4. The lowest BCUT2D eigenvalue weighted by Crippen LogP contribution is -2.14. The summed E-state index contributed by atoms with van der Waals surface area (Å²) in [6.45, 7) is 5.10. The van der Waals surface area contributed by atoms with Crippen LogP contribution in [0.1, 0.15) is 42.3 Å².